The first-order chi connectivity index (χ1) is 6.02. The lowest BCUT2D eigenvalue weighted by Crippen LogP contribution is -2.31. The van der Waals surface area contributed by atoms with Crippen molar-refractivity contribution in [2.75, 3.05) is 0 Å². The number of carbonyl (C=O) groups excluding carboxylic acids is 1. The summed E-state index contributed by atoms with van der Waals surface area (Å²) < 4.78 is 0. The third-order valence-electron chi connectivity index (χ3n) is 1.66. The Kier molecular flexibility index (Phi) is 2.65. The van der Waals surface area contributed by atoms with Gasteiger partial charge in [0.2, 0.25) is 5.91 Å². The highest BCUT2D eigenvalue weighted by Crippen LogP contribution is 2.20. The molecule has 1 aromatic rings. The number of rotatable bonds is 3. The number of nitrogens with two attached hydrogens (primary N) is 1. The van der Waals surface area contributed by atoms with Crippen LogP contribution >= 0.6 is 0 Å². The molecule has 0 bridgehead atoms. The first kappa shape index (κ1) is 9.70. The molecule has 1 amide bonds. The average Bonchev–Trinajstić information content (AvgIpc) is 2.04. The Hall–Kier alpha value is -1.39. The lowest BCUT2D eigenvalue weighted by Gasteiger charge is -2.19. The number of primary amides is 1. The summed E-state index contributed by atoms with van der Waals surface area (Å²) in [6.45, 7) is 0. The Balaban J connectivity index is 2.87. The highest BCUT2D eigenvalue weighted by Gasteiger charge is 2.27. The highest BCUT2D eigenvalue weighted by molar-refractivity contribution is 5.74. The summed E-state index contributed by atoms with van der Waals surface area (Å²) in [5.74, 6) is -2.92. The van der Waals surface area contributed by atoms with Crippen LogP contribution in [-0.2, 0) is 10.6 Å². The van der Waals surface area contributed by atoms with Crippen molar-refractivity contribution in [1.82, 2.24) is 0 Å². The van der Waals surface area contributed by atoms with Crippen LogP contribution in [0.2, 0.25) is 0 Å². The smallest absolute Gasteiger partial charge is 0.223 e. The van der Waals surface area contributed by atoms with E-state index in [4.69, 9.17) is 5.73 Å². The van der Waals surface area contributed by atoms with Gasteiger partial charge in [0.05, 0.1) is 6.42 Å². The van der Waals surface area contributed by atoms with E-state index >= 15 is 0 Å². The van der Waals surface area contributed by atoms with Gasteiger partial charge in [-0.2, -0.15) is 0 Å². The Morgan fingerprint density at radius 2 is 1.85 bits per heavy atom. The zero-order valence-electron chi connectivity index (χ0n) is 6.97. The summed E-state index contributed by atoms with van der Waals surface area (Å²) in [5.41, 5.74) is 5.12. The van der Waals surface area contributed by atoms with Crippen molar-refractivity contribution in [2.24, 2.45) is 5.73 Å². The molecule has 0 aromatic heterocycles. The molecular weight excluding hydrogens is 170 g/mol. The third-order valence-corrected chi connectivity index (χ3v) is 1.66. The summed E-state index contributed by atoms with van der Waals surface area (Å²) in [7, 11) is 0. The SMILES string of the molecule is NC(=O)CC(O)(O)c1ccccc1. The highest BCUT2D eigenvalue weighted by atomic mass is 16.5. The minimum Gasteiger partial charge on any atom is -0.369 e. The zero-order valence-corrected chi connectivity index (χ0v) is 6.97. The number of carbonyl (C=O) groups is 1. The lowest BCUT2D eigenvalue weighted by atomic mass is 10.0. The van der Waals surface area contributed by atoms with Crippen LogP contribution in [-0.4, -0.2) is 16.1 Å². The summed E-state index contributed by atoms with van der Waals surface area (Å²) in [4.78, 5) is 10.5. The van der Waals surface area contributed by atoms with Crippen LogP contribution < -0.4 is 5.73 Å². The molecule has 0 radical (unpaired) electrons. The van der Waals surface area contributed by atoms with Gasteiger partial charge in [-0.1, -0.05) is 30.3 Å². The van der Waals surface area contributed by atoms with E-state index < -0.39 is 18.1 Å². The van der Waals surface area contributed by atoms with Crippen molar-refractivity contribution >= 4 is 5.91 Å². The van der Waals surface area contributed by atoms with E-state index in [9.17, 15) is 15.0 Å². The maximum atomic E-state index is 10.5. The van der Waals surface area contributed by atoms with Gasteiger partial charge in [0.1, 0.15) is 0 Å². The van der Waals surface area contributed by atoms with Gasteiger partial charge in [0.15, 0.2) is 5.79 Å². The van der Waals surface area contributed by atoms with Crippen molar-refractivity contribution in [2.45, 2.75) is 12.2 Å². The molecule has 0 saturated heterocycles. The summed E-state index contributed by atoms with van der Waals surface area (Å²) in [6, 6.07) is 8.07. The number of aliphatic hydroxyl groups is 2. The minimum absolute atomic E-state index is 0.258. The number of hydrogen-bond donors (Lipinski definition) is 3. The molecule has 4 N–H and O–H groups in total. The second kappa shape index (κ2) is 3.55. The standard InChI is InChI=1S/C9H11NO3/c10-8(11)6-9(12,13)7-4-2-1-3-5-7/h1-5,12-13H,6H2,(H2,10,11). The molecule has 0 heterocycles. The van der Waals surface area contributed by atoms with E-state index in [1.165, 1.54) is 12.1 Å². The average molecular weight is 181 g/mol. The second-order valence-electron chi connectivity index (χ2n) is 2.83. The topological polar surface area (TPSA) is 83.6 Å². The lowest BCUT2D eigenvalue weighted by molar-refractivity contribution is -0.178. The van der Waals surface area contributed by atoms with E-state index in [-0.39, 0.29) is 5.56 Å². The Morgan fingerprint density at radius 3 is 2.31 bits per heavy atom. The molecule has 1 rings (SSSR count). The summed E-state index contributed by atoms with van der Waals surface area (Å²) >= 11 is 0. The Morgan fingerprint density at radius 1 is 1.31 bits per heavy atom. The molecule has 4 nitrogen and oxygen atoms in total. The minimum atomic E-state index is -2.16. The van der Waals surface area contributed by atoms with E-state index in [1.807, 2.05) is 0 Å². The van der Waals surface area contributed by atoms with Crippen LogP contribution in [0, 0.1) is 0 Å². The maximum absolute atomic E-state index is 10.5. The van der Waals surface area contributed by atoms with Crippen molar-refractivity contribution < 1.29 is 15.0 Å². The van der Waals surface area contributed by atoms with Crippen LogP contribution in [0.5, 0.6) is 0 Å². The van der Waals surface area contributed by atoms with E-state index in [1.54, 1.807) is 18.2 Å². The Bertz CT molecular complexity index is 295. The quantitative estimate of drug-likeness (QED) is 0.560. The van der Waals surface area contributed by atoms with Gasteiger partial charge in [-0.3, -0.25) is 4.79 Å². The maximum Gasteiger partial charge on any atom is 0.223 e. The fourth-order valence-corrected chi connectivity index (χ4v) is 1.05. The first-order valence-electron chi connectivity index (χ1n) is 3.81. The van der Waals surface area contributed by atoms with Crippen molar-refractivity contribution in [3.05, 3.63) is 35.9 Å². The largest absolute Gasteiger partial charge is 0.369 e. The van der Waals surface area contributed by atoms with E-state index in [0.29, 0.717) is 0 Å². The number of benzene rings is 1. The monoisotopic (exact) mass is 181 g/mol. The zero-order chi connectivity index (χ0) is 9.90. The van der Waals surface area contributed by atoms with Crippen molar-refractivity contribution in [3.63, 3.8) is 0 Å². The van der Waals surface area contributed by atoms with Gasteiger partial charge in [-0.05, 0) is 0 Å². The molecule has 0 spiro atoms. The molecule has 0 unspecified atom stereocenters. The molecule has 0 aliphatic carbocycles. The molecule has 1 aromatic carbocycles. The van der Waals surface area contributed by atoms with Gasteiger partial charge < -0.3 is 15.9 Å². The third kappa shape index (κ3) is 2.54. The predicted molar refractivity (Wildman–Crippen MR) is 46.4 cm³/mol. The van der Waals surface area contributed by atoms with Gasteiger partial charge in [0.25, 0.3) is 0 Å². The molecule has 0 atom stereocenters. The molecule has 13 heavy (non-hydrogen) atoms. The van der Waals surface area contributed by atoms with E-state index in [2.05, 4.69) is 0 Å². The van der Waals surface area contributed by atoms with Crippen molar-refractivity contribution in [3.8, 4) is 0 Å². The van der Waals surface area contributed by atoms with Crippen LogP contribution in [0.25, 0.3) is 0 Å². The van der Waals surface area contributed by atoms with Crippen LogP contribution in [0.4, 0.5) is 0 Å². The molecule has 0 fully saturated rings. The second-order valence-corrected chi connectivity index (χ2v) is 2.83. The fraction of sp³-hybridized carbons (Fsp3) is 0.222. The van der Waals surface area contributed by atoms with Gasteiger partial charge in [0, 0.05) is 5.56 Å². The van der Waals surface area contributed by atoms with Crippen LogP contribution in [0.1, 0.15) is 12.0 Å². The fourth-order valence-electron chi connectivity index (χ4n) is 1.05. The number of hydrogen-bond acceptors (Lipinski definition) is 3. The number of amides is 1. The molecular formula is C9H11NO3. The normalized spacial score (nSPS) is 11.2. The van der Waals surface area contributed by atoms with Gasteiger partial charge >= 0.3 is 0 Å². The van der Waals surface area contributed by atoms with Crippen LogP contribution in [0.3, 0.4) is 0 Å². The van der Waals surface area contributed by atoms with E-state index in [0.717, 1.165) is 0 Å². The molecule has 0 aliphatic heterocycles. The van der Waals surface area contributed by atoms with Crippen LogP contribution in [0.15, 0.2) is 30.3 Å². The molecule has 4 heteroatoms. The van der Waals surface area contributed by atoms with Gasteiger partial charge in [-0.15, -0.1) is 0 Å². The molecule has 0 aliphatic rings. The van der Waals surface area contributed by atoms with Crippen molar-refractivity contribution in [1.29, 1.82) is 0 Å². The Labute approximate surface area is 75.6 Å². The predicted octanol–water partition coefficient (Wildman–Crippen LogP) is -0.301. The summed E-state index contributed by atoms with van der Waals surface area (Å²) in [5, 5.41) is 18.8. The first-order valence-corrected chi connectivity index (χ1v) is 3.81. The molecule has 70 valence electrons. The molecule has 0 saturated carbocycles. The summed E-state index contributed by atoms with van der Waals surface area (Å²) in [6.07, 6.45) is -0.503. The van der Waals surface area contributed by atoms with Gasteiger partial charge in [-0.25, -0.2) is 0 Å².